The minimum absolute atomic E-state index is 0.608. The normalized spacial score (nSPS) is 11.6. The van der Waals surface area contributed by atoms with Gasteiger partial charge in [0, 0.05) is 5.02 Å². The molecule has 1 radical (unpaired) electrons. The van der Waals surface area contributed by atoms with Crippen molar-refractivity contribution in [1.82, 2.24) is 0 Å². The molecule has 0 saturated heterocycles. The van der Waals surface area contributed by atoms with E-state index in [1.165, 1.54) is 12.1 Å². The predicted octanol–water partition coefficient (Wildman–Crippen LogP) is 5.54. The Hall–Kier alpha value is -1.48. The van der Waals surface area contributed by atoms with Gasteiger partial charge in [0.25, 0.3) is 0 Å². The van der Waals surface area contributed by atoms with Crippen LogP contribution in [0, 0.1) is 6.42 Å². The van der Waals surface area contributed by atoms with Gasteiger partial charge < -0.3 is 0 Å². The first-order valence-electron chi connectivity index (χ1n) is 6.20. The van der Waals surface area contributed by atoms with E-state index in [0.29, 0.717) is 11.4 Å². The molecule has 20 heavy (non-hydrogen) atoms. The molecular formula is C16H13ClF3. The van der Waals surface area contributed by atoms with Crippen molar-refractivity contribution < 1.29 is 13.2 Å². The fourth-order valence-electron chi connectivity index (χ4n) is 1.86. The van der Waals surface area contributed by atoms with Gasteiger partial charge in [0.15, 0.2) is 0 Å². The lowest BCUT2D eigenvalue weighted by molar-refractivity contribution is -0.137. The summed E-state index contributed by atoms with van der Waals surface area (Å²) in [4.78, 5) is 0. The molecule has 0 aromatic heterocycles. The number of benzene rings is 2. The average Bonchev–Trinajstić information content (AvgIpc) is 2.41. The number of halogens is 4. The second kappa shape index (κ2) is 6.31. The Morgan fingerprint density at radius 1 is 0.900 bits per heavy atom. The first kappa shape index (κ1) is 14.9. The molecule has 0 spiro atoms. The van der Waals surface area contributed by atoms with Crippen molar-refractivity contribution in [2.24, 2.45) is 0 Å². The molecule has 2 rings (SSSR count). The van der Waals surface area contributed by atoms with Crippen LogP contribution in [0.15, 0.2) is 48.5 Å². The molecule has 0 unspecified atom stereocenters. The van der Waals surface area contributed by atoms with Crippen molar-refractivity contribution >= 4 is 11.6 Å². The van der Waals surface area contributed by atoms with Crippen LogP contribution < -0.4 is 0 Å². The van der Waals surface area contributed by atoms with Crippen LogP contribution in [0.25, 0.3) is 0 Å². The Kier molecular flexibility index (Phi) is 4.71. The predicted molar refractivity (Wildman–Crippen MR) is 74.6 cm³/mol. The second-order valence-electron chi connectivity index (χ2n) is 4.49. The van der Waals surface area contributed by atoms with Gasteiger partial charge >= 0.3 is 6.18 Å². The van der Waals surface area contributed by atoms with Crippen molar-refractivity contribution in [3.05, 3.63) is 76.7 Å². The molecule has 0 atom stereocenters. The van der Waals surface area contributed by atoms with Gasteiger partial charge in [-0.05, 0) is 54.7 Å². The van der Waals surface area contributed by atoms with Crippen LogP contribution in [0.1, 0.15) is 23.1 Å². The molecule has 2 aromatic carbocycles. The zero-order chi connectivity index (χ0) is 14.6. The van der Waals surface area contributed by atoms with E-state index >= 15 is 0 Å². The maximum absolute atomic E-state index is 12.4. The largest absolute Gasteiger partial charge is 0.416 e. The molecule has 4 heteroatoms. The lowest BCUT2D eigenvalue weighted by Gasteiger charge is -2.07. The summed E-state index contributed by atoms with van der Waals surface area (Å²) >= 11 is 5.79. The van der Waals surface area contributed by atoms with Crippen molar-refractivity contribution in [3.8, 4) is 0 Å². The number of hydrogen-bond acceptors (Lipinski definition) is 0. The number of rotatable bonds is 4. The summed E-state index contributed by atoms with van der Waals surface area (Å²) in [5.41, 5.74) is 1.34. The topological polar surface area (TPSA) is 0 Å². The molecule has 0 bridgehead atoms. The quantitative estimate of drug-likeness (QED) is 0.694. The molecule has 0 heterocycles. The fourth-order valence-corrected chi connectivity index (χ4v) is 1.99. The summed E-state index contributed by atoms with van der Waals surface area (Å²) in [5.74, 6) is 0. The monoisotopic (exact) mass is 297 g/mol. The standard InChI is InChI=1S/C16H13ClF3/c17-15-10-6-13(7-11-15)3-1-2-12-4-8-14(9-5-12)16(18,19)20/h3-11H,1-2H2. The van der Waals surface area contributed by atoms with Crippen molar-refractivity contribution in [2.75, 3.05) is 0 Å². The summed E-state index contributed by atoms with van der Waals surface area (Å²) in [6, 6.07) is 12.7. The first-order valence-corrected chi connectivity index (χ1v) is 6.58. The van der Waals surface area contributed by atoms with Gasteiger partial charge in [0.2, 0.25) is 0 Å². The van der Waals surface area contributed by atoms with Gasteiger partial charge in [-0.15, -0.1) is 0 Å². The second-order valence-corrected chi connectivity index (χ2v) is 4.93. The SMILES string of the molecule is FC(F)(F)c1ccc(CC[CH]c2ccc(Cl)cc2)cc1. The highest BCUT2D eigenvalue weighted by atomic mass is 35.5. The van der Waals surface area contributed by atoms with Crippen LogP contribution in [0.5, 0.6) is 0 Å². The molecule has 0 N–H and O–H groups in total. The van der Waals surface area contributed by atoms with Gasteiger partial charge in [-0.1, -0.05) is 35.9 Å². The molecule has 0 saturated carbocycles. The smallest absolute Gasteiger partial charge is 0.166 e. The maximum Gasteiger partial charge on any atom is 0.416 e. The van der Waals surface area contributed by atoms with E-state index in [0.717, 1.165) is 29.7 Å². The first-order chi connectivity index (χ1) is 9.45. The van der Waals surface area contributed by atoms with Crippen LogP contribution in [0.2, 0.25) is 5.02 Å². The molecule has 0 aliphatic heterocycles. The van der Waals surface area contributed by atoms with Crippen molar-refractivity contribution in [1.29, 1.82) is 0 Å². The third-order valence-electron chi connectivity index (χ3n) is 2.96. The van der Waals surface area contributed by atoms with Crippen LogP contribution in [-0.4, -0.2) is 0 Å². The van der Waals surface area contributed by atoms with Crippen LogP contribution >= 0.6 is 11.6 Å². The Morgan fingerprint density at radius 2 is 1.50 bits per heavy atom. The molecular weight excluding hydrogens is 285 g/mol. The number of hydrogen-bond donors (Lipinski definition) is 0. The molecule has 105 valence electrons. The highest BCUT2D eigenvalue weighted by Crippen LogP contribution is 2.29. The van der Waals surface area contributed by atoms with E-state index < -0.39 is 11.7 Å². The van der Waals surface area contributed by atoms with Crippen LogP contribution in [0.3, 0.4) is 0 Å². The van der Waals surface area contributed by atoms with E-state index in [9.17, 15) is 13.2 Å². The van der Waals surface area contributed by atoms with E-state index in [-0.39, 0.29) is 0 Å². The zero-order valence-corrected chi connectivity index (χ0v) is 11.4. The average molecular weight is 298 g/mol. The summed E-state index contributed by atoms with van der Waals surface area (Å²) in [7, 11) is 0. The minimum Gasteiger partial charge on any atom is -0.166 e. The Bertz CT molecular complexity index is 541. The highest BCUT2D eigenvalue weighted by Gasteiger charge is 2.29. The van der Waals surface area contributed by atoms with E-state index in [4.69, 9.17) is 11.6 Å². The third kappa shape index (κ3) is 4.27. The Labute approximate surface area is 121 Å². The van der Waals surface area contributed by atoms with Gasteiger partial charge in [-0.2, -0.15) is 13.2 Å². The highest BCUT2D eigenvalue weighted by molar-refractivity contribution is 6.30. The van der Waals surface area contributed by atoms with Crippen LogP contribution in [-0.2, 0) is 12.6 Å². The molecule has 0 nitrogen and oxygen atoms in total. The fraction of sp³-hybridized carbons (Fsp3) is 0.188. The van der Waals surface area contributed by atoms with Crippen molar-refractivity contribution in [2.45, 2.75) is 19.0 Å². The lowest BCUT2D eigenvalue weighted by atomic mass is 10.0. The van der Waals surface area contributed by atoms with Gasteiger partial charge in [-0.3, -0.25) is 0 Å². The maximum atomic E-state index is 12.4. The van der Waals surface area contributed by atoms with Gasteiger partial charge in [0.05, 0.1) is 5.56 Å². The zero-order valence-electron chi connectivity index (χ0n) is 10.6. The summed E-state index contributed by atoms with van der Waals surface area (Å²) in [5, 5.41) is 0.685. The van der Waals surface area contributed by atoms with E-state index in [1.807, 2.05) is 30.7 Å². The molecule has 2 aromatic rings. The molecule has 0 aliphatic carbocycles. The number of alkyl halides is 3. The van der Waals surface area contributed by atoms with Crippen molar-refractivity contribution in [3.63, 3.8) is 0 Å². The Morgan fingerprint density at radius 3 is 2.05 bits per heavy atom. The minimum atomic E-state index is -4.27. The third-order valence-corrected chi connectivity index (χ3v) is 3.22. The van der Waals surface area contributed by atoms with Gasteiger partial charge in [-0.25, -0.2) is 0 Å². The van der Waals surface area contributed by atoms with E-state index in [2.05, 4.69) is 0 Å². The molecule has 0 amide bonds. The molecule has 0 aliphatic rings. The summed E-state index contributed by atoms with van der Waals surface area (Å²) in [6.07, 6.45) is -0.754. The Balaban J connectivity index is 1.87. The number of aryl methyl sites for hydroxylation is 1. The van der Waals surface area contributed by atoms with Crippen LogP contribution in [0.4, 0.5) is 13.2 Å². The lowest BCUT2D eigenvalue weighted by Crippen LogP contribution is -2.04. The summed E-state index contributed by atoms with van der Waals surface area (Å²) < 4.78 is 37.2. The molecule has 0 fully saturated rings. The van der Waals surface area contributed by atoms with E-state index in [1.54, 1.807) is 0 Å². The summed E-state index contributed by atoms with van der Waals surface area (Å²) in [6.45, 7) is 0. The van der Waals surface area contributed by atoms with Gasteiger partial charge in [0.1, 0.15) is 0 Å².